The second-order valence-corrected chi connectivity index (χ2v) is 22.7. The minimum atomic E-state index is -1.22. The van der Waals surface area contributed by atoms with Gasteiger partial charge in [0.1, 0.15) is 17.9 Å². The maximum absolute atomic E-state index is 15.5. The van der Waals surface area contributed by atoms with Crippen molar-refractivity contribution in [1.29, 1.82) is 0 Å². The van der Waals surface area contributed by atoms with E-state index in [9.17, 15) is 43.2 Å². The van der Waals surface area contributed by atoms with Gasteiger partial charge in [-0.2, -0.15) is 0 Å². The Kier molecular flexibility index (Phi) is 23.2. The summed E-state index contributed by atoms with van der Waals surface area (Å²) in [5, 5.41) is 16.1. The van der Waals surface area contributed by atoms with E-state index in [1.165, 1.54) is 29.2 Å². The van der Waals surface area contributed by atoms with E-state index in [1.807, 2.05) is 78.8 Å². The van der Waals surface area contributed by atoms with Crippen molar-refractivity contribution in [3.63, 3.8) is 0 Å². The number of urea groups is 1. The lowest BCUT2D eigenvalue weighted by molar-refractivity contribution is -0.139. The lowest BCUT2D eigenvalue weighted by atomic mass is 9.76. The second-order valence-electron chi connectivity index (χ2n) is 21.8. The molecule has 22 heteroatoms. The molecule has 2 aromatic carbocycles. The van der Waals surface area contributed by atoms with Gasteiger partial charge in [-0.05, 0) is 73.4 Å². The predicted molar refractivity (Wildman–Crippen MR) is 285 cm³/mol. The molecule has 0 saturated heterocycles. The molecule has 2 aromatic rings. The van der Waals surface area contributed by atoms with Crippen LogP contribution in [0.1, 0.15) is 94.1 Å². The Bertz CT molecular complexity index is 2440. The molecule has 3 atom stereocenters. The van der Waals surface area contributed by atoms with E-state index in [0.29, 0.717) is 0 Å². The zero-order valence-corrected chi connectivity index (χ0v) is 46.1. The van der Waals surface area contributed by atoms with Crippen molar-refractivity contribution < 1.29 is 52.3 Å². The van der Waals surface area contributed by atoms with Gasteiger partial charge < -0.3 is 47.3 Å². The molecular weight excluding hydrogens is 988 g/mol. The zero-order chi connectivity index (χ0) is 56.5. The van der Waals surface area contributed by atoms with Crippen LogP contribution in [0, 0.1) is 22.1 Å². The van der Waals surface area contributed by atoms with Gasteiger partial charge >= 0.3 is 6.03 Å². The van der Waals surface area contributed by atoms with E-state index in [-0.39, 0.29) is 91.9 Å². The molecule has 0 aromatic heterocycles. The maximum atomic E-state index is 15.5. The summed E-state index contributed by atoms with van der Waals surface area (Å²) in [6.07, 6.45) is 4.16. The van der Waals surface area contributed by atoms with Gasteiger partial charge in [-0.1, -0.05) is 98.7 Å². The minimum absolute atomic E-state index is 0.0000241. The third kappa shape index (κ3) is 20.2. The smallest absolute Gasteiger partial charge is 0.312 e. The summed E-state index contributed by atoms with van der Waals surface area (Å²) in [7, 11) is 3.28. The van der Waals surface area contributed by atoms with Gasteiger partial charge in [0.05, 0.1) is 31.5 Å². The summed E-state index contributed by atoms with van der Waals surface area (Å²) in [6, 6.07) is 9.88. The topological polar surface area (TPSA) is 280 Å². The first-order chi connectivity index (χ1) is 34.9. The first-order valence-electron chi connectivity index (χ1n) is 24.6. The first kappa shape index (κ1) is 62.6. The van der Waals surface area contributed by atoms with Crippen LogP contribution in [0.2, 0.25) is 0 Å². The number of nitrogens with zero attached hydrogens (tertiary/aromatic N) is 2. The number of likely N-dealkylation sites (N-methyl/N-ethyl adjacent to an activating group) is 2. The van der Waals surface area contributed by atoms with E-state index in [2.05, 4.69) is 36.6 Å². The number of halogens is 1. The highest BCUT2D eigenvalue weighted by Crippen LogP contribution is 2.29. The van der Waals surface area contributed by atoms with Gasteiger partial charge in [-0.15, -0.1) is 0 Å². The number of amides is 10. The minimum Gasteiger partial charge on any atom is -0.380 e. The first-order valence-corrected chi connectivity index (χ1v) is 25.4. The molecule has 0 fully saturated rings. The van der Waals surface area contributed by atoms with Gasteiger partial charge in [0.15, 0.2) is 0 Å². The summed E-state index contributed by atoms with van der Waals surface area (Å²) in [5.41, 5.74) is 3.63. The SMILES string of the molecule is CNC(C(=O)NC(C(=O)N(C)C/C=C(\C)C(=O)NSc1ccc(NC(=O)C(CCCNC(N)=O)NC(=O)CNC(=O)CC(C)(C)COCC(C)(C)CN2C(=O)C=CC2=O)c(F)c1)C(C)(C)C)C(C)(C)c1ccccc1. The van der Waals surface area contributed by atoms with Crippen molar-refractivity contribution in [3.05, 3.63) is 83.7 Å². The molecule has 412 valence electrons. The van der Waals surface area contributed by atoms with E-state index >= 15 is 4.39 Å². The maximum Gasteiger partial charge on any atom is 0.312 e. The molecule has 0 spiro atoms. The molecule has 3 unspecified atom stereocenters. The van der Waals surface area contributed by atoms with Crippen LogP contribution < -0.4 is 42.4 Å². The van der Waals surface area contributed by atoms with E-state index in [1.54, 1.807) is 40.9 Å². The Labute approximate surface area is 444 Å². The third-order valence-electron chi connectivity index (χ3n) is 12.2. The Hall–Kier alpha value is -6.65. The summed E-state index contributed by atoms with van der Waals surface area (Å²) >= 11 is 0.817. The number of nitrogens with one attached hydrogen (secondary N) is 7. The van der Waals surface area contributed by atoms with Crippen LogP contribution in [0.4, 0.5) is 14.9 Å². The van der Waals surface area contributed by atoms with Crippen LogP contribution in [0.5, 0.6) is 0 Å². The Morgan fingerprint density at radius 3 is 2.04 bits per heavy atom. The largest absolute Gasteiger partial charge is 0.380 e. The molecule has 20 nitrogen and oxygen atoms in total. The predicted octanol–water partition coefficient (Wildman–Crippen LogP) is 3.82. The van der Waals surface area contributed by atoms with Crippen molar-refractivity contribution in [2.24, 2.45) is 22.0 Å². The van der Waals surface area contributed by atoms with Crippen molar-refractivity contribution in [2.75, 3.05) is 58.8 Å². The fraction of sp³-hybridized carbons (Fsp3) is 0.528. The number of hydrogen-bond acceptors (Lipinski definition) is 12. The highest BCUT2D eigenvalue weighted by molar-refractivity contribution is 7.98. The van der Waals surface area contributed by atoms with Crippen LogP contribution in [0.15, 0.2) is 77.2 Å². The molecule has 10 amide bonds. The lowest BCUT2D eigenvalue weighted by Crippen LogP contribution is -2.60. The van der Waals surface area contributed by atoms with Crippen LogP contribution >= 0.6 is 11.9 Å². The number of anilines is 1. The normalized spacial score (nSPS) is 14.4. The average molecular weight is 1070 g/mol. The van der Waals surface area contributed by atoms with Gasteiger partial charge in [0.2, 0.25) is 29.5 Å². The molecule has 9 N–H and O–H groups in total. The highest BCUT2D eigenvalue weighted by atomic mass is 32.2. The monoisotopic (exact) mass is 1060 g/mol. The van der Waals surface area contributed by atoms with Crippen LogP contribution in [0.3, 0.4) is 0 Å². The fourth-order valence-corrected chi connectivity index (χ4v) is 8.56. The molecule has 1 aliphatic rings. The Balaban J connectivity index is 1.55. The molecule has 75 heavy (non-hydrogen) atoms. The quantitative estimate of drug-likeness (QED) is 0.0262. The number of primary amides is 1. The Morgan fingerprint density at radius 1 is 0.827 bits per heavy atom. The summed E-state index contributed by atoms with van der Waals surface area (Å²) in [6.45, 7) is 18.5. The summed E-state index contributed by atoms with van der Waals surface area (Å²) in [4.78, 5) is 118. The number of carbonyl (C=O) groups excluding carboxylic acids is 9. The number of imide groups is 1. The highest BCUT2D eigenvalue weighted by Gasteiger charge is 2.41. The van der Waals surface area contributed by atoms with Crippen LogP contribution in [-0.2, 0) is 48.5 Å². The van der Waals surface area contributed by atoms with Crippen LogP contribution in [-0.4, -0.2) is 135 Å². The molecule has 3 rings (SSSR count). The van der Waals surface area contributed by atoms with Gasteiger partial charge in [-0.25, -0.2) is 9.18 Å². The number of hydrogen-bond donors (Lipinski definition) is 8. The number of carbonyl (C=O) groups is 9. The third-order valence-corrected chi connectivity index (χ3v) is 13.0. The van der Waals surface area contributed by atoms with Crippen molar-refractivity contribution in [3.8, 4) is 0 Å². The average Bonchev–Trinajstić information content (AvgIpc) is 3.63. The molecule has 0 bridgehead atoms. The Morgan fingerprint density at radius 2 is 1.45 bits per heavy atom. The molecule has 0 radical (unpaired) electrons. The number of ether oxygens (including phenoxy) is 1. The van der Waals surface area contributed by atoms with E-state index in [4.69, 9.17) is 10.5 Å². The fourth-order valence-electron chi connectivity index (χ4n) is 7.89. The number of rotatable bonds is 28. The van der Waals surface area contributed by atoms with Gasteiger partial charge in [0, 0.05) is 66.6 Å². The van der Waals surface area contributed by atoms with Crippen molar-refractivity contribution in [1.82, 2.24) is 41.1 Å². The zero-order valence-electron chi connectivity index (χ0n) is 45.3. The molecule has 1 aliphatic heterocycles. The molecule has 0 saturated carbocycles. The lowest BCUT2D eigenvalue weighted by Gasteiger charge is -2.38. The standard InChI is InChI=1S/C53H77FN10O10S/c1-33(24-26-63(12)48(72)44(50(2,3)4)61-47(71)43(56-11)53(9,10)34-17-14-13-15-18-34)45(69)62-75-35-20-21-37(36(54)27-35)60-46(70)38(19-16-25-57-49(55)73)59-40(66)29-58-39(65)28-51(5,6)31-74-32-52(7,8)30-64-41(67)22-23-42(64)68/h13-15,17-18,20-24,27,38,43-44,56H,16,19,25-26,28-32H2,1-12H3,(H,58,65)(H,59,66)(H,60,70)(H,61,71)(H,62,69)(H3,55,57,73)/b33-24+. The number of benzene rings is 2. The van der Waals surface area contributed by atoms with E-state index in [0.717, 1.165) is 28.5 Å². The van der Waals surface area contributed by atoms with Gasteiger partial charge in [0.25, 0.3) is 17.7 Å². The summed E-state index contributed by atoms with van der Waals surface area (Å²) in [5.74, 6) is -4.81. The second kappa shape index (κ2) is 27.8. The molecular formula is C53H77FN10O10S. The van der Waals surface area contributed by atoms with Gasteiger partial charge in [-0.3, -0.25) is 48.0 Å². The molecule has 0 aliphatic carbocycles. The van der Waals surface area contributed by atoms with Crippen LogP contribution in [0.25, 0.3) is 0 Å². The number of nitrogens with two attached hydrogens (primary N) is 1. The molecule has 1 heterocycles. The van der Waals surface area contributed by atoms with E-state index < -0.39 is 81.8 Å². The summed E-state index contributed by atoms with van der Waals surface area (Å²) < 4.78 is 24.0. The van der Waals surface area contributed by atoms with Crippen molar-refractivity contribution >= 4 is 70.9 Å². The van der Waals surface area contributed by atoms with Crippen molar-refractivity contribution in [2.45, 2.75) is 117 Å².